The largest absolute Gasteiger partial charge is 0.371 e. The number of hydrogen-bond donors (Lipinski definition) is 1. The Morgan fingerprint density at radius 1 is 0.860 bits per heavy atom. The SMILES string of the molecule is C[C@H]1CC2(CCN(c3ccc(C(=O)N4CCN(C5CN(c6ccc7c(c6)n(C6CCC(=O)NC6=O)c(=O)n7C)C5)CC4)cc3)CC2)CN1c1ccc(C#N)c(Cl)c1. The first-order valence-electron chi connectivity index (χ1n) is 20.2. The minimum absolute atomic E-state index is 0.0789. The zero-order chi connectivity index (χ0) is 39.6. The van der Waals surface area contributed by atoms with Crippen molar-refractivity contribution in [3.63, 3.8) is 0 Å². The van der Waals surface area contributed by atoms with Gasteiger partial charge in [-0.3, -0.25) is 33.7 Å². The molecule has 1 unspecified atom stereocenters. The number of hydrogen-bond acceptors (Lipinski definition) is 9. The van der Waals surface area contributed by atoms with Crippen molar-refractivity contribution in [2.24, 2.45) is 12.5 Å². The van der Waals surface area contributed by atoms with E-state index in [9.17, 15) is 24.4 Å². The number of anilines is 3. The number of nitrogens with zero attached hydrogens (tertiary/aromatic N) is 8. The highest BCUT2D eigenvalue weighted by Crippen LogP contribution is 2.46. The second-order valence-corrected chi connectivity index (χ2v) is 17.1. The van der Waals surface area contributed by atoms with Gasteiger partial charge in [-0.1, -0.05) is 11.6 Å². The molecule has 0 saturated carbocycles. The lowest BCUT2D eigenvalue weighted by Gasteiger charge is -2.49. The fourth-order valence-corrected chi connectivity index (χ4v) is 10.2. The van der Waals surface area contributed by atoms with E-state index in [-0.39, 0.29) is 29.3 Å². The summed E-state index contributed by atoms with van der Waals surface area (Å²) in [6, 6.07) is 22.1. The Balaban J connectivity index is 0.761. The molecule has 13 nitrogen and oxygen atoms in total. The van der Waals surface area contributed by atoms with Crippen LogP contribution in [0.15, 0.2) is 65.5 Å². The summed E-state index contributed by atoms with van der Waals surface area (Å²) in [4.78, 5) is 62.8. The molecule has 5 fully saturated rings. The third-order valence-corrected chi connectivity index (χ3v) is 13.7. The number of nitriles is 1. The molecule has 1 aromatic heterocycles. The Labute approximate surface area is 336 Å². The highest BCUT2D eigenvalue weighted by Gasteiger charge is 2.44. The monoisotopic (exact) mass is 789 g/mol. The number of fused-ring (bicyclic) bond motifs is 1. The van der Waals surface area contributed by atoms with E-state index in [1.807, 2.05) is 53.4 Å². The number of rotatable bonds is 6. The van der Waals surface area contributed by atoms with Crippen molar-refractivity contribution in [2.75, 3.05) is 73.6 Å². The molecule has 5 saturated heterocycles. The van der Waals surface area contributed by atoms with Crippen LogP contribution in [0.2, 0.25) is 5.02 Å². The van der Waals surface area contributed by atoms with Crippen molar-refractivity contribution in [1.82, 2.24) is 24.3 Å². The molecule has 2 atom stereocenters. The van der Waals surface area contributed by atoms with E-state index in [4.69, 9.17) is 11.6 Å². The molecule has 57 heavy (non-hydrogen) atoms. The van der Waals surface area contributed by atoms with Gasteiger partial charge in [-0.15, -0.1) is 0 Å². The summed E-state index contributed by atoms with van der Waals surface area (Å²) in [6.07, 6.45) is 3.87. The Bertz CT molecular complexity index is 2340. The summed E-state index contributed by atoms with van der Waals surface area (Å²) in [6.45, 7) is 9.93. The molecular weight excluding hydrogens is 742 g/mol. The van der Waals surface area contributed by atoms with Gasteiger partial charge in [0.15, 0.2) is 0 Å². The molecule has 0 aliphatic carbocycles. The maximum absolute atomic E-state index is 13.6. The zero-order valence-corrected chi connectivity index (χ0v) is 33.2. The van der Waals surface area contributed by atoms with Crippen molar-refractivity contribution < 1.29 is 14.4 Å². The summed E-state index contributed by atoms with van der Waals surface area (Å²) in [5.41, 5.74) is 5.92. The molecule has 3 aromatic carbocycles. The molecule has 1 N–H and O–H groups in total. The van der Waals surface area contributed by atoms with Crippen LogP contribution < -0.4 is 25.7 Å². The lowest BCUT2D eigenvalue weighted by Crippen LogP contribution is -2.63. The van der Waals surface area contributed by atoms with Crippen LogP contribution >= 0.6 is 11.6 Å². The minimum Gasteiger partial charge on any atom is -0.371 e. The van der Waals surface area contributed by atoms with E-state index in [0.29, 0.717) is 47.7 Å². The van der Waals surface area contributed by atoms with Crippen LogP contribution in [0.4, 0.5) is 17.1 Å². The van der Waals surface area contributed by atoms with Gasteiger partial charge in [0, 0.05) is 107 Å². The topological polar surface area (TPSA) is 130 Å². The van der Waals surface area contributed by atoms with Gasteiger partial charge in [0.05, 0.1) is 21.6 Å². The van der Waals surface area contributed by atoms with E-state index in [1.165, 1.54) is 4.57 Å². The first-order valence-corrected chi connectivity index (χ1v) is 20.5. The number of piperazine rings is 1. The van der Waals surface area contributed by atoms with Crippen molar-refractivity contribution in [3.8, 4) is 6.07 Å². The predicted octanol–water partition coefficient (Wildman–Crippen LogP) is 4.37. The normalized spacial score (nSPS) is 22.9. The molecule has 5 aliphatic heterocycles. The molecule has 0 radical (unpaired) electrons. The predicted molar refractivity (Wildman–Crippen MR) is 220 cm³/mol. The maximum Gasteiger partial charge on any atom is 0.329 e. The van der Waals surface area contributed by atoms with Crippen LogP contribution in [-0.2, 0) is 16.6 Å². The summed E-state index contributed by atoms with van der Waals surface area (Å²) in [7, 11) is 1.71. The quantitative estimate of drug-likeness (QED) is 0.283. The molecule has 4 aromatic rings. The third kappa shape index (κ3) is 6.72. The highest BCUT2D eigenvalue weighted by atomic mass is 35.5. The number of imide groups is 1. The Morgan fingerprint density at radius 3 is 2.25 bits per heavy atom. The molecule has 296 valence electrons. The van der Waals surface area contributed by atoms with Gasteiger partial charge in [-0.05, 0) is 98.7 Å². The lowest BCUT2D eigenvalue weighted by molar-refractivity contribution is -0.135. The van der Waals surface area contributed by atoms with Gasteiger partial charge in [0.1, 0.15) is 12.1 Å². The number of halogens is 1. The van der Waals surface area contributed by atoms with Gasteiger partial charge in [-0.25, -0.2) is 4.79 Å². The number of aryl methyl sites for hydroxylation is 1. The van der Waals surface area contributed by atoms with Crippen LogP contribution in [0.3, 0.4) is 0 Å². The zero-order valence-electron chi connectivity index (χ0n) is 32.5. The lowest BCUT2D eigenvalue weighted by atomic mass is 9.76. The smallest absolute Gasteiger partial charge is 0.329 e. The fourth-order valence-electron chi connectivity index (χ4n) is 10.0. The number of imidazole rings is 1. The number of amides is 3. The fraction of sp³-hybridized carbons (Fsp3) is 0.465. The van der Waals surface area contributed by atoms with Gasteiger partial charge >= 0.3 is 5.69 Å². The van der Waals surface area contributed by atoms with E-state index in [2.05, 4.69) is 50.0 Å². The van der Waals surface area contributed by atoms with Crippen LogP contribution in [-0.4, -0.2) is 108 Å². The van der Waals surface area contributed by atoms with Gasteiger partial charge in [0.25, 0.3) is 5.91 Å². The summed E-state index contributed by atoms with van der Waals surface area (Å²) < 4.78 is 3.09. The van der Waals surface area contributed by atoms with Crippen molar-refractivity contribution in [3.05, 3.63) is 87.3 Å². The number of carbonyl (C=O) groups is 3. The Kier molecular flexibility index (Phi) is 9.52. The van der Waals surface area contributed by atoms with E-state index >= 15 is 0 Å². The second-order valence-electron chi connectivity index (χ2n) is 16.7. The number of benzene rings is 3. The van der Waals surface area contributed by atoms with Crippen molar-refractivity contribution in [2.45, 2.75) is 57.2 Å². The average Bonchev–Trinajstić information content (AvgIpc) is 3.65. The molecule has 5 aliphatic rings. The van der Waals surface area contributed by atoms with Crippen LogP contribution in [0, 0.1) is 16.7 Å². The highest BCUT2D eigenvalue weighted by molar-refractivity contribution is 6.32. The van der Waals surface area contributed by atoms with Crippen molar-refractivity contribution >= 4 is 57.4 Å². The molecule has 0 bridgehead atoms. The van der Waals surface area contributed by atoms with E-state index in [0.717, 1.165) is 93.2 Å². The standard InChI is InChI=1S/C43H48ClN9O4/c1-28-23-43(27-52(28)33-8-5-30(24-45)35(44)21-33)13-15-48(16-14-43)31-6-3-29(4-7-31)41(56)50-19-17-49(18-20-50)34-25-51(26-34)32-9-10-36-38(22-32)53(42(57)47(36)2)37-11-12-39(54)46-40(37)55/h3-10,21-22,28,34,37H,11-20,23,25-27H2,1-2H3,(H,46,54,55)/t28-,37?/m0/s1. The van der Waals surface area contributed by atoms with E-state index < -0.39 is 11.9 Å². The molecule has 9 rings (SSSR count). The van der Waals surface area contributed by atoms with Crippen molar-refractivity contribution in [1.29, 1.82) is 5.26 Å². The minimum atomic E-state index is -0.713. The molecular formula is C43H48ClN9O4. The number of aromatic nitrogens is 2. The maximum atomic E-state index is 13.6. The third-order valence-electron chi connectivity index (χ3n) is 13.4. The molecule has 14 heteroatoms. The van der Waals surface area contributed by atoms with Crippen LogP contribution in [0.5, 0.6) is 0 Å². The van der Waals surface area contributed by atoms with E-state index in [1.54, 1.807) is 11.6 Å². The average molecular weight is 790 g/mol. The number of nitrogens with one attached hydrogen (secondary N) is 1. The van der Waals surface area contributed by atoms with Gasteiger partial charge in [0.2, 0.25) is 11.8 Å². The van der Waals surface area contributed by atoms with Crippen LogP contribution in [0.1, 0.15) is 61.0 Å². The second kappa shape index (κ2) is 14.6. The molecule has 1 spiro atoms. The number of carbonyl (C=O) groups excluding carboxylic acids is 3. The number of piperidine rings is 2. The Morgan fingerprint density at radius 2 is 1.56 bits per heavy atom. The molecule has 3 amide bonds. The summed E-state index contributed by atoms with van der Waals surface area (Å²) in [5, 5.41) is 12.2. The summed E-state index contributed by atoms with van der Waals surface area (Å²) in [5.74, 6) is -0.660. The van der Waals surface area contributed by atoms with Gasteiger partial charge < -0.3 is 19.6 Å². The molecule has 6 heterocycles. The Hall–Kier alpha value is -5.32. The first-order chi connectivity index (χ1) is 27.5. The first kappa shape index (κ1) is 37.3. The van der Waals surface area contributed by atoms with Crippen LogP contribution in [0.25, 0.3) is 11.0 Å². The summed E-state index contributed by atoms with van der Waals surface area (Å²) >= 11 is 6.38. The van der Waals surface area contributed by atoms with Gasteiger partial charge in [-0.2, -0.15) is 5.26 Å².